The molecular weight excluding hydrogens is 190 g/mol. The third-order valence-electron chi connectivity index (χ3n) is 1.91. The number of halogens is 1. The Balaban J connectivity index is 3.41. The molecule has 0 aromatic heterocycles. The van der Waals surface area contributed by atoms with Crippen LogP contribution in [0.15, 0.2) is 0 Å². The van der Waals surface area contributed by atoms with Crippen molar-refractivity contribution in [2.24, 2.45) is 5.92 Å². The molecule has 0 aliphatic rings. The first-order valence-corrected chi connectivity index (χ1v) is 5.11. The summed E-state index contributed by atoms with van der Waals surface area (Å²) in [7, 11) is 2.17. The van der Waals surface area contributed by atoms with Gasteiger partial charge in [-0.1, -0.05) is 36.2 Å². The summed E-state index contributed by atoms with van der Waals surface area (Å²) in [6.45, 7) is 6.82. The zero-order valence-corrected chi connectivity index (χ0v) is 8.82. The molecule has 0 aliphatic heterocycles. The van der Waals surface area contributed by atoms with E-state index in [9.17, 15) is 0 Å². The van der Waals surface area contributed by atoms with E-state index in [-0.39, 0.29) is 0 Å². The zero-order valence-electron chi connectivity index (χ0n) is 7.23. The van der Waals surface area contributed by atoms with Crippen LogP contribution in [0.3, 0.4) is 0 Å². The first kappa shape index (κ1) is 10.4. The minimum absolute atomic E-state index is 0.824. The van der Waals surface area contributed by atoms with Gasteiger partial charge in [0.15, 0.2) is 0 Å². The maximum atomic E-state index is 3.51. The minimum atomic E-state index is 0.824. The van der Waals surface area contributed by atoms with Crippen LogP contribution in [-0.2, 0) is 0 Å². The smallest absolute Gasteiger partial charge is 0.00717 e. The van der Waals surface area contributed by atoms with E-state index in [0.717, 1.165) is 17.8 Å². The van der Waals surface area contributed by atoms with E-state index < -0.39 is 0 Å². The second-order valence-corrected chi connectivity index (χ2v) is 3.43. The first-order valence-electron chi connectivity index (χ1n) is 3.99. The molecule has 0 aromatic rings. The van der Waals surface area contributed by atoms with Crippen LogP contribution in [0, 0.1) is 5.92 Å². The molecule has 0 spiro atoms. The van der Waals surface area contributed by atoms with Crippen molar-refractivity contribution in [3.05, 3.63) is 0 Å². The summed E-state index contributed by atoms with van der Waals surface area (Å²) in [6, 6.07) is 0. The second-order valence-electron chi connectivity index (χ2n) is 2.78. The topological polar surface area (TPSA) is 3.24 Å². The summed E-state index contributed by atoms with van der Waals surface area (Å²) >= 11 is 3.51. The minimum Gasteiger partial charge on any atom is -0.306 e. The van der Waals surface area contributed by atoms with Gasteiger partial charge in [0.25, 0.3) is 0 Å². The Kier molecular flexibility index (Phi) is 6.44. The van der Waals surface area contributed by atoms with Crippen LogP contribution in [-0.4, -0.2) is 30.4 Å². The lowest BCUT2D eigenvalue weighted by Gasteiger charge is -2.19. The highest BCUT2D eigenvalue weighted by molar-refractivity contribution is 9.09. The second kappa shape index (κ2) is 6.17. The Labute approximate surface area is 72.9 Å². The molecule has 0 aliphatic carbocycles. The van der Waals surface area contributed by atoms with Crippen LogP contribution < -0.4 is 0 Å². The fraction of sp³-hybridized carbons (Fsp3) is 1.00. The highest BCUT2D eigenvalue weighted by atomic mass is 79.9. The predicted molar refractivity (Wildman–Crippen MR) is 50.7 cm³/mol. The Bertz CT molecular complexity index is 71.7. The third-order valence-corrected chi connectivity index (χ3v) is 2.82. The van der Waals surface area contributed by atoms with Gasteiger partial charge in [0.1, 0.15) is 0 Å². The van der Waals surface area contributed by atoms with E-state index in [1.54, 1.807) is 0 Å². The van der Waals surface area contributed by atoms with Gasteiger partial charge in [-0.05, 0) is 19.5 Å². The van der Waals surface area contributed by atoms with Gasteiger partial charge in [0.2, 0.25) is 0 Å². The summed E-state index contributed by atoms with van der Waals surface area (Å²) in [5.41, 5.74) is 0. The van der Waals surface area contributed by atoms with E-state index in [1.807, 2.05) is 0 Å². The van der Waals surface area contributed by atoms with Gasteiger partial charge in [-0.15, -0.1) is 0 Å². The van der Waals surface area contributed by atoms with Crippen LogP contribution in [0.5, 0.6) is 0 Å². The standard InChI is InChI=1S/C8H18BrN/c1-4-8(6-9)7-10(3)5-2/h8H,4-7H2,1-3H3. The quantitative estimate of drug-likeness (QED) is 0.627. The lowest BCUT2D eigenvalue weighted by Crippen LogP contribution is -2.25. The Hall–Kier alpha value is 0.440. The molecule has 0 saturated carbocycles. The van der Waals surface area contributed by atoms with Gasteiger partial charge < -0.3 is 4.90 Å². The molecule has 0 amide bonds. The molecule has 0 radical (unpaired) electrons. The van der Waals surface area contributed by atoms with Crippen molar-refractivity contribution in [2.75, 3.05) is 25.5 Å². The lowest BCUT2D eigenvalue weighted by molar-refractivity contribution is 0.299. The number of hydrogen-bond acceptors (Lipinski definition) is 1. The lowest BCUT2D eigenvalue weighted by atomic mass is 10.1. The molecule has 0 N–H and O–H groups in total. The molecule has 0 bridgehead atoms. The summed E-state index contributed by atoms with van der Waals surface area (Å²) in [5, 5.41) is 1.13. The van der Waals surface area contributed by atoms with Crippen LogP contribution in [0.4, 0.5) is 0 Å². The van der Waals surface area contributed by atoms with E-state index in [2.05, 4.69) is 41.7 Å². The van der Waals surface area contributed by atoms with Crippen molar-refractivity contribution in [3.63, 3.8) is 0 Å². The number of nitrogens with zero attached hydrogens (tertiary/aromatic N) is 1. The van der Waals surface area contributed by atoms with Crippen molar-refractivity contribution < 1.29 is 0 Å². The van der Waals surface area contributed by atoms with Gasteiger partial charge >= 0.3 is 0 Å². The Morgan fingerprint density at radius 3 is 2.30 bits per heavy atom. The predicted octanol–water partition coefficient (Wildman–Crippen LogP) is 2.36. The fourth-order valence-corrected chi connectivity index (χ4v) is 1.52. The Morgan fingerprint density at radius 2 is 2.00 bits per heavy atom. The van der Waals surface area contributed by atoms with Crippen LogP contribution in [0.2, 0.25) is 0 Å². The van der Waals surface area contributed by atoms with E-state index in [4.69, 9.17) is 0 Å². The molecule has 0 rings (SSSR count). The highest BCUT2D eigenvalue weighted by Gasteiger charge is 2.05. The summed E-state index contributed by atoms with van der Waals surface area (Å²) < 4.78 is 0. The van der Waals surface area contributed by atoms with E-state index >= 15 is 0 Å². The summed E-state index contributed by atoms with van der Waals surface area (Å²) in [6.07, 6.45) is 1.27. The van der Waals surface area contributed by atoms with Gasteiger partial charge in [-0.2, -0.15) is 0 Å². The van der Waals surface area contributed by atoms with Gasteiger partial charge in [0.05, 0.1) is 0 Å². The molecule has 62 valence electrons. The highest BCUT2D eigenvalue weighted by Crippen LogP contribution is 2.07. The number of hydrogen-bond donors (Lipinski definition) is 0. The van der Waals surface area contributed by atoms with Crippen molar-refractivity contribution in [3.8, 4) is 0 Å². The SMILES string of the molecule is CCC(CBr)CN(C)CC. The molecule has 1 unspecified atom stereocenters. The molecule has 1 atom stereocenters. The van der Waals surface area contributed by atoms with Crippen LogP contribution in [0.25, 0.3) is 0 Å². The van der Waals surface area contributed by atoms with Gasteiger partial charge in [-0.25, -0.2) is 0 Å². The molecule has 1 nitrogen and oxygen atoms in total. The van der Waals surface area contributed by atoms with E-state index in [0.29, 0.717) is 0 Å². The van der Waals surface area contributed by atoms with Crippen LogP contribution >= 0.6 is 15.9 Å². The molecular formula is C8H18BrN. The number of rotatable bonds is 5. The molecule has 10 heavy (non-hydrogen) atoms. The van der Waals surface area contributed by atoms with E-state index in [1.165, 1.54) is 13.0 Å². The normalized spacial score (nSPS) is 14.1. The van der Waals surface area contributed by atoms with Crippen molar-refractivity contribution in [1.82, 2.24) is 4.90 Å². The monoisotopic (exact) mass is 207 g/mol. The largest absolute Gasteiger partial charge is 0.306 e. The van der Waals surface area contributed by atoms with Crippen molar-refractivity contribution in [1.29, 1.82) is 0 Å². The van der Waals surface area contributed by atoms with Crippen LogP contribution in [0.1, 0.15) is 20.3 Å². The molecule has 2 heteroatoms. The average molecular weight is 208 g/mol. The molecule has 0 fully saturated rings. The molecule has 0 aromatic carbocycles. The zero-order chi connectivity index (χ0) is 7.98. The van der Waals surface area contributed by atoms with Crippen molar-refractivity contribution >= 4 is 15.9 Å². The first-order chi connectivity index (χ1) is 4.74. The third kappa shape index (κ3) is 4.29. The fourth-order valence-electron chi connectivity index (χ4n) is 0.857. The average Bonchev–Trinajstić information content (AvgIpc) is 1.99. The maximum absolute atomic E-state index is 3.51. The summed E-state index contributed by atoms with van der Waals surface area (Å²) in [4.78, 5) is 2.36. The number of alkyl halides is 1. The van der Waals surface area contributed by atoms with Crippen molar-refractivity contribution in [2.45, 2.75) is 20.3 Å². The molecule has 0 heterocycles. The maximum Gasteiger partial charge on any atom is 0.00717 e. The van der Waals surface area contributed by atoms with Gasteiger partial charge in [-0.3, -0.25) is 0 Å². The van der Waals surface area contributed by atoms with Gasteiger partial charge in [0, 0.05) is 11.9 Å². The summed E-state index contributed by atoms with van der Waals surface area (Å²) in [5.74, 6) is 0.824. The Morgan fingerprint density at radius 1 is 1.40 bits per heavy atom. The molecule has 0 saturated heterocycles.